The summed E-state index contributed by atoms with van der Waals surface area (Å²) in [6, 6.07) is 13.5. The van der Waals surface area contributed by atoms with E-state index in [1.807, 2.05) is 24.3 Å². The van der Waals surface area contributed by atoms with Crippen LogP contribution in [0.25, 0.3) is 22.3 Å². The Labute approximate surface area is 233 Å². The maximum atomic E-state index is 14.1. The van der Waals surface area contributed by atoms with Crippen molar-refractivity contribution in [1.82, 2.24) is 29.5 Å². The lowest BCUT2D eigenvalue weighted by atomic mass is 9.90. The Kier molecular flexibility index (Phi) is 7.38. The van der Waals surface area contributed by atoms with Gasteiger partial charge in [0.05, 0.1) is 11.4 Å². The van der Waals surface area contributed by atoms with E-state index in [4.69, 9.17) is 22.4 Å². The summed E-state index contributed by atoms with van der Waals surface area (Å²) in [4.78, 5) is 14.0. The van der Waals surface area contributed by atoms with Crippen LogP contribution in [0.2, 0.25) is 5.02 Å². The van der Waals surface area contributed by atoms with Gasteiger partial charge in [0.25, 0.3) is 0 Å². The normalized spacial score (nSPS) is 20.9. The van der Waals surface area contributed by atoms with Crippen LogP contribution in [0.4, 0.5) is 15.9 Å². The average molecular weight is 549 g/mol. The zero-order valence-corrected chi connectivity index (χ0v) is 22.9. The van der Waals surface area contributed by atoms with Gasteiger partial charge in [-0.3, -0.25) is 4.90 Å². The van der Waals surface area contributed by atoms with Gasteiger partial charge in [-0.2, -0.15) is 5.10 Å². The van der Waals surface area contributed by atoms with E-state index in [0.717, 1.165) is 79.8 Å². The van der Waals surface area contributed by atoms with Gasteiger partial charge in [0.2, 0.25) is 0 Å². The molecule has 2 aromatic carbocycles. The Bertz CT molecular complexity index is 1420. The number of nitrogens with one attached hydrogen (secondary N) is 1. The zero-order chi connectivity index (χ0) is 26.9. The SMILES string of the molecule is CN1CCN([C@H]2CC[C@H](n3nc(-c4ccc(NCc5c(F)cccc5Cl)cc4)c4c(N)ncnc43)CC2)CC1. The molecule has 2 fully saturated rings. The highest BCUT2D eigenvalue weighted by Gasteiger charge is 2.30. The molecule has 0 radical (unpaired) electrons. The number of benzene rings is 2. The van der Waals surface area contributed by atoms with Gasteiger partial charge >= 0.3 is 0 Å². The highest BCUT2D eigenvalue weighted by atomic mass is 35.5. The molecule has 4 aromatic rings. The predicted molar refractivity (Wildman–Crippen MR) is 154 cm³/mol. The van der Waals surface area contributed by atoms with Gasteiger partial charge in [0.15, 0.2) is 5.65 Å². The van der Waals surface area contributed by atoms with Gasteiger partial charge in [-0.05, 0) is 57.0 Å². The number of halogens is 2. The Morgan fingerprint density at radius 2 is 1.69 bits per heavy atom. The minimum atomic E-state index is -0.323. The first-order valence-corrected chi connectivity index (χ1v) is 14.0. The molecule has 0 spiro atoms. The number of rotatable bonds is 6. The fourth-order valence-electron chi connectivity index (χ4n) is 5.94. The molecule has 0 bridgehead atoms. The number of fused-ring (bicyclic) bond motifs is 1. The van der Waals surface area contributed by atoms with Crippen LogP contribution in [0.15, 0.2) is 48.8 Å². The molecule has 8 nitrogen and oxygen atoms in total. The molecule has 1 saturated heterocycles. The van der Waals surface area contributed by atoms with E-state index >= 15 is 0 Å². The number of anilines is 2. The number of aromatic nitrogens is 4. The quantitative estimate of drug-likeness (QED) is 0.342. The summed E-state index contributed by atoms with van der Waals surface area (Å²) >= 11 is 6.17. The number of hydrogen-bond acceptors (Lipinski definition) is 7. The molecule has 3 N–H and O–H groups in total. The second kappa shape index (κ2) is 11.1. The van der Waals surface area contributed by atoms with Crippen molar-refractivity contribution in [3.63, 3.8) is 0 Å². The first kappa shape index (κ1) is 26.0. The van der Waals surface area contributed by atoms with Crippen LogP contribution >= 0.6 is 11.6 Å². The number of hydrogen-bond donors (Lipinski definition) is 2. The highest BCUT2D eigenvalue weighted by Crippen LogP contribution is 2.37. The lowest BCUT2D eigenvalue weighted by Gasteiger charge is -2.41. The summed E-state index contributed by atoms with van der Waals surface area (Å²) in [5, 5.41) is 9.51. The lowest BCUT2D eigenvalue weighted by Crippen LogP contribution is -2.49. The summed E-state index contributed by atoms with van der Waals surface area (Å²) in [6.07, 6.45) is 5.99. The maximum absolute atomic E-state index is 14.1. The van der Waals surface area contributed by atoms with Crippen molar-refractivity contribution in [2.45, 2.75) is 44.3 Å². The van der Waals surface area contributed by atoms with Crippen LogP contribution in [0, 0.1) is 5.82 Å². The molecule has 1 aliphatic carbocycles. The van der Waals surface area contributed by atoms with E-state index in [9.17, 15) is 4.39 Å². The molecule has 10 heteroatoms. The monoisotopic (exact) mass is 548 g/mol. The van der Waals surface area contributed by atoms with E-state index in [0.29, 0.717) is 29.0 Å². The largest absolute Gasteiger partial charge is 0.383 e. The highest BCUT2D eigenvalue weighted by molar-refractivity contribution is 6.31. The van der Waals surface area contributed by atoms with Crippen molar-refractivity contribution >= 4 is 34.1 Å². The molecule has 2 aromatic heterocycles. The third-order valence-electron chi connectivity index (χ3n) is 8.27. The number of nitrogens with zero attached hydrogens (tertiary/aromatic N) is 6. The van der Waals surface area contributed by atoms with E-state index in [1.165, 1.54) is 12.4 Å². The van der Waals surface area contributed by atoms with Crippen LogP contribution in [0.3, 0.4) is 0 Å². The fraction of sp³-hybridized carbons (Fsp3) is 0.414. The smallest absolute Gasteiger partial charge is 0.164 e. The Morgan fingerprint density at radius 3 is 2.41 bits per heavy atom. The van der Waals surface area contributed by atoms with E-state index in [1.54, 1.807) is 12.1 Å². The van der Waals surface area contributed by atoms with Crippen molar-refractivity contribution in [2.75, 3.05) is 44.3 Å². The zero-order valence-electron chi connectivity index (χ0n) is 22.2. The van der Waals surface area contributed by atoms with Gasteiger partial charge in [0, 0.05) is 60.6 Å². The van der Waals surface area contributed by atoms with Gasteiger partial charge in [-0.15, -0.1) is 0 Å². The standard InChI is InChI=1S/C29H34ClFN8/c1-37-13-15-38(16-14-37)21-9-11-22(12-10-21)39-29-26(28(32)34-18-35-29)27(36-39)19-5-7-20(8-6-19)33-17-23-24(30)3-2-4-25(23)31/h2-8,18,21-22,33H,9-17H2,1H3,(H2,32,34,35)/t21-,22-. The summed E-state index contributed by atoms with van der Waals surface area (Å²) in [5.74, 6) is 0.112. The third kappa shape index (κ3) is 5.31. The molecule has 39 heavy (non-hydrogen) atoms. The number of piperazine rings is 1. The van der Waals surface area contributed by atoms with Crippen LogP contribution in [-0.4, -0.2) is 68.8 Å². The topological polar surface area (TPSA) is 88.1 Å². The van der Waals surface area contributed by atoms with Crippen LogP contribution in [0.1, 0.15) is 37.3 Å². The molecule has 1 saturated carbocycles. The van der Waals surface area contributed by atoms with Crippen molar-refractivity contribution in [1.29, 1.82) is 0 Å². The summed E-state index contributed by atoms with van der Waals surface area (Å²) in [6.45, 7) is 4.90. The first-order valence-electron chi connectivity index (χ1n) is 13.7. The van der Waals surface area contributed by atoms with Crippen LogP contribution < -0.4 is 11.1 Å². The van der Waals surface area contributed by atoms with Crippen molar-refractivity contribution in [2.24, 2.45) is 0 Å². The molecule has 204 valence electrons. The minimum absolute atomic E-state index is 0.283. The molecular formula is C29H34ClFN8. The summed E-state index contributed by atoms with van der Waals surface area (Å²) in [7, 11) is 2.20. The summed E-state index contributed by atoms with van der Waals surface area (Å²) < 4.78 is 16.2. The van der Waals surface area contributed by atoms with Crippen molar-refractivity contribution in [3.05, 3.63) is 65.2 Å². The lowest BCUT2D eigenvalue weighted by molar-refractivity contribution is 0.0815. The molecule has 6 rings (SSSR count). The first-order chi connectivity index (χ1) is 19.0. The Balaban J connectivity index is 1.20. The van der Waals surface area contributed by atoms with Gasteiger partial charge < -0.3 is 16.0 Å². The number of likely N-dealkylation sites (N-methyl/N-ethyl adjacent to an activating group) is 1. The van der Waals surface area contributed by atoms with E-state index in [2.05, 4.69) is 36.8 Å². The van der Waals surface area contributed by atoms with Gasteiger partial charge in [0.1, 0.15) is 23.7 Å². The van der Waals surface area contributed by atoms with Crippen molar-refractivity contribution in [3.8, 4) is 11.3 Å². The molecule has 0 amide bonds. The Hall–Kier alpha value is -3.27. The average Bonchev–Trinajstić information content (AvgIpc) is 3.35. The molecule has 0 unspecified atom stereocenters. The van der Waals surface area contributed by atoms with Crippen molar-refractivity contribution < 1.29 is 4.39 Å². The molecule has 0 atom stereocenters. The predicted octanol–water partition coefficient (Wildman–Crippen LogP) is 5.21. The number of nitrogen functional groups attached to an aromatic ring is 1. The second-order valence-electron chi connectivity index (χ2n) is 10.7. The van der Waals surface area contributed by atoms with E-state index in [-0.39, 0.29) is 11.9 Å². The molecule has 1 aliphatic heterocycles. The summed E-state index contributed by atoms with van der Waals surface area (Å²) in [5.41, 5.74) is 10.2. The Morgan fingerprint density at radius 1 is 0.974 bits per heavy atom. The molecular weight excluding hydrogens is 515 g/mol. The van der Waals surface area contributed by atoms with Crippen LogP contribution in [-0.2, 0) is 6.54 Å². The van der Waals surface area contributed by atoms with Gasteiger partial charge in [-0.1, -0.05) is 29.8 Å². The molecule has 2 aliphatic rings. The van der Waals surface area contributed by atoms with Crippen LogP contribution in [0.5, 0.6) is 0 Å². The third-order valence-corrected chi connectivity index (χ3v) is 8.63. The van der Waals surface area contributed by atoms with Gasteiger partial charge in [-0.25, -0.2) is 19.0 Å². The second-order valence-corrected chi connectivity index (χ2v) is 11.1. The number of nitrogens with two attached hydrogens (primary N) is 1. The van der Waals surface area contributed by atoms with E-state index < -0.39 is 0 Å². The maximum Gasteiger partial charge on any atom is 0.164 e. The fourth-order valence-corrected chi connectivity index (χ4v) is 6.17. The molecule has 3 heterocycles. The minimum Gasteiger partial charge on any atom is -0.383 e.